The van der Waals surface area contributed by atoms with Crippen molar-refractivity contribution in [3.63, 3.8) is 0 Å². The zero-order valence-corrected chi connectivity index (χ0v) is 13.3. The van der Waals surface area contributed by atoms with Gasteiger partial charge in [-0.05, 0) is 43.5 Å². The first kappa shape index (κ1) is 15.1. The van der Waals surface area contributed by atoms with Crippen molar-refractivity contribution in [3.8, 4) is 5.75 Å². The van der Waals surface area contributed by atoms with Gasteiger partial charge in [0.2, 0.25) is 0 Å². The lowest BCUT2D eigenvalue weighted by atomic mass is 10.0. The summed E-state index contributed by atoms with van der Waals surface area (Å²) in [6.45, 7) is 2.74. The molecular formula is C17H20BrNO. The number of nitrogens with two attached hydrogens (primary N) is 1. The number of benzene rings is 2. The minimum absolute atomic E-state index is 0.129. The van der Waals surface area contributed by atoms with Crippen LogP contribution in [0.3, 0.4) is 0 Å². The average Bonchev–Trinajstić information content (AvgIpc) is 2.41. The van der Waals surface area contributed by atoms with E-state index >= 15 is 0 Å². The monoisotopic (exact) mass is 333 g/mol. The van der Waals surface area contributed by atoms with Crippen molar-refractivity contribution in [1.82, 2.24) is 0 Å². The highest BCUT2D eigenvalue weighted by Gasteiger charge is 2.05. The predicted molar refractivity (Wildman–Crippen MR) is 87.1 cm³/mol. The highest BCUT2D eigenvalue weighted by Crippen LogP contribution is 2.18. The third-order valence-corrected chi connectivity index (χ3v) is 3.67. The highest BCUT2D eigenvalue weighted by atomic mass is 79.9. The quantitative estimate of drug-likeness (QED) is 0.863. The number of rotatable bonds is 6. The Balaban J connectivity index is 1.75. The molecule has 0 aromatic heterocycles. The van der Waals surface area contributed by atoms with Gasteiger partial charge >= 0.3 is 0 Å². The number of hydrogen-bond acceptors (Lipinski definition) is 2. The third-order valence-electron chi connectivity index (χ3n) is 3.17. The molecule has 1 atom stereocenters. The van der Waals surface area contributed by atoms with Crippen molar-refractivity contribution < 1.29 is 4.74 Å². The van der Waals surface area contributed by atoms with Gasteiger partial charge in [0, 0.05) is 10.5 Å². The Hall–Kier alpha value is -1.32. The molecule has 2 rings (SSSR count). The van der Waals surface area contributed by atoms with Crippen LogP contribution >= 0.6 is 15.9 Å². The molecule has 2 nitrogen and oxygen atoms in total. The first-order chi connectivity index (χ1) is 9.63. The van der Waals surface area contributed by atoms with Crippen LogP contribution in [0.2, 0.25) is 0 Å². The zero-order valence-electron chi connectivity index (χ0n) is 11.7. The molecule has 2 N–H and O–H groups in total. The summed E-state index contributed by atoms with van der Waals surface area (Å²) in [6.07, 6.45) is 1.74. The maximum Gasteiger partial charge on any atom is 0.120 e. The van der Waals surface area contributed by atoms with Crippen LogP contribution in [0.15, 0.2) is 53.0 Å². The van der Waals surface area contributed by atoms with Crippen molar-refractivity contribution in [1.29, 1.82) is 0 Å². The number of aryl methyl sites for hydroxylation is 1. The SMILES string of the molecule is Cc1ccc(CC(N)CCOc2cccc(Br)c2)cc1. The van der Waals surface area contributed by atoms with E-state index in [-0.39, 0.29) is 6.04 Å². The lowest BCUT2D eigenvalue weighted by Gasteiger charge is -2.13. The van der Waals surface area contributed by atoms with E-state index < -0.39 is 0 Å². The van der Waals surface area contributed by atoms with E-state index in [1.807, 2.05) is 24.3 Å². The number of halogens is 1. The topological polar surface area (TPSA) is 35.2 Å². The molecule has 2 aromatic carbocycles. The molecule has 0 heterocycles. The minimum Gasteiger partial charge on any atom is -0.493 e. The van der Waals surface area contributed by atoms with Gasteiger partial charge in [-0.2, -0.15) is 0 Å². The Bertz CT molecular complexity index is 539. The molecule has 0 bridgehead atoms. The summed E-state index contributed by atoms with van der Waals surface area (Å²) in [4.78, 5) is 0. The van der Waals surface area contributed by atoms with Gasteiger partial charge in [-0.3, -0.25) is 0 Å². The van der Waals surface area contributed by atoms with Crippen LogP contribution in [0, 0.1) is 6.92 Å². The maximum atomic E-state index is 6.15. The van der Waals surface area contributed by atoms with Gasteiger partial charge < -0.3 is 10.5 Å². The van der Waals surface area contributed by atoms with Gasteiger partial charge in [0.15, 0.2) is 0 Å². The summed E-state index contributed by atoms with van der Waals surface area (Å²) in [5.74, 6) is 0.877. The molecule has 0 spiro atoms. The molecule has 0 amide bonds. The van der Waals surface area contributed by atoms with Crippen LogP contribution in [0.25, 0.3) is 0 Å². The van der Waals surface area contributed by atoms with E-state index in [9.17, 15) is 0 Å². The molecule has 106 valence electrons. The van der Waals surface area contributed by atoms with Gasteiger partial charge in [0.05, 0.1) is 6.61 Å². The van der Waals surface area contributed by atoms with E-state index in [1.54, 1.807) is 0 Å². The Morgan fingerprint density at radius 3 is 2.60 bits per heavy atom. The predicted octanol–water partition coefficient (Wildman–Crippen LogP) is 4.10. The molecule has 0 fully saturated rings. The second-order valence-corrected chi connectivity index (χ2v) is 5.96. The van der Waals surface area contributed by atoms with E-state index in [1.165, 1.54) is 11.1 Å². The van der Waals surface area contributed by atoms with E-state index in [0.717, 1.165) is 23.1 Å². The van der Waals surface area contributed by atoms with E-state index in [0.29, 0.717) is 6.61 Å². The molecular weight excluding hydrogens is 314 g/mol. The normalized spacial score (nSPS) is 12.2. The molecule has 0 aliphatic heterocycles. The summed E-state index contributed by atoms with van der Waals surface area (Å²) in [5.41, 5.74) is 8.71. The molecule has 20 heavy (non-hydrogen) atoms. The Morgan fingerprint density at radius 1 is 1.15 bits per heavy atom. The van der Waals surface area contributed by atoms with Crippen LogP contribution < -0.4 is 10.5 Å². The fourth-order valence-electron chi connectivity index (χ4n) is 2.01. The lowest BCUT2D eigenvalue weighted by molar-refractivity contribution is 0.297. The lowest BCUT2D eigenvalue weighted by Crippen LogP contribution is -2.25. The smallest absolute Gasteiger partial charge is 0.120 e. The van der Waals surface area contributed by atoms with Crippen LogP contribution in [-0.4, -0.2) is 12.6 Å². The molecule has 0 saturated heterocycles. The van der Waals surface area contributed by atoms with Crippen LogP contribution in [0.5, 0.6) is 5.75 Å². The van der Waals surface area contributed by atoms with Gasteiger partial charge in [-0.1, -0.05) is 51.8 Å². The zero-order chi connectivity index (χ0) is 14.4. The highest BCUT2D eigenvalue weighted by molar-refractivity contribution is 9.10. The van der Waals surface area contributed by atoms with Gasteiger partial charge in [-0.15, -0.1) is 0 Å². The molecule has 0 radical (unpaired) electrons. The number of ether oxygens (including phenoxy) is 1. The van der Waals surface area contributed by atoms with E-state index in [2.05, 4.69) is 47.1 Å². The third kappa shape index (κ3) is 4.99. The molecule has 2 aromatic rings. The summed E-state index contributed by atoms with van der Waals surface area (Å²) in [6, 6.07) is 16.5. The summed E-state index contributed by atoms with van der Waals surface area (Å²) in [7, 11) is 0. The second kappa shape index (κ2) is 7.46. The maximum absolute atomic E-state index is 6.15. The number of hydrogen-bond donors (Lipinski definition) is 1. The van der Waals surface area contributed by atoms with Crippen LogP contribution in [-0.2, 0) is 6.42 Å². The van der Waals surface area contributed by atoms with Crippen molar-refractivity contribution >= 4 is 15.9 Å². The van der Waals surface area contributed by atoms with Crippen LogP contribution in [0.1, 0.15) is 17.5 Å². The first-order valence-electron chi connectivity index (χ1n) is 6.83. The van der Waals surface area contributed by atoms with E-state index in [4.69, 9.17) is 10.5 Å². The van der Waals surface area contributed by atoms with Gasteiger partial charge in [-0.25, -0.2) is 0 Å². The summed E-state index contributed by atoms with van der Waals surface area (Å²) >= 11 is 3.43. The standard InChI is InChI=1S/C17H20BrNO/c1-13-5-7-14(8-6-13)11-16(19)9-10-20-17-4-2-3-15(18)12-17/h2-8,12,16H,9-11,19H2,1H3. The molecule has 3 heteroatoms. The van der Waals surface area contributed by atoms with Crippen LogP contribution in [0.4, 0.5) is 0 Å². The second-order valence-electron chi connectivity index (χ2n) is 5.04. The molecule has 0 aliphatic rings. The van der Waals surface area contributed by atoms with Gasteiger partial charge in [0.1, 0.15) is 5.75 Å². The summed E-state index contributed by atoms with van der Waals surface area (Å²) in [5, 5.41) is 0. The van der Waals surface area contributed by atoms with Crippen molar-refractivity contribution in [2.45, 2.75) is 25.8 Å². The van der Waals surface area contributed by atoms with Crippen molar-refractivity contribution in [2.75, 3.05) is 6.61 Å². The first-order valence-corrected chi connectivity index (χ1v) is 7.62. The average molecular weight is 334 g/mol. The van der Waals surface area contributed by atoms with Crippen molar-refractivity contribution in [2.24, 2.45) is 5.73 Å². The molecule has 1 unspecified atom stereocenters. The molecule has 0 aliphatic carbocycles. The fourth-order valence-corrected chi connectivity index (χ4v) is 2.39. The van der Waals surface area contributed by atoms with Crippen molar-refractivity contribution in [3.05, 3.63) is 64.1 Å². The Morgan fingerprint density at radius 2 is 1.90 bits per heavy atom. The Kier molecular flexibility index (Phi) is 5.62. The Labute approximate surface area is 129 Å². The van der Waals surface area contributed by atoms with Gasteiger partial charge in [0.25, 0.3) is 0 Å². The molecule has 0 saturated carbocycles. The fraction of sp³-hybridized carbons (Fsp3) is 0.294. The summed E-state index contributed by atoms with van der Waals surface area (Å²) < 4.78 is 6.73. The minimum atomic E-state index is 0.129. The largest absolute Gasteiger partial charge is 0.493 e.